The number of sulfone groups is 1. The molecule has 1 saturated heterocycles. The zero-order valence-corrected chi connectivity index (χ0v) is 16.8. The lowest BCUT2D eigenvalue weighted by Gasteiger charge is -2.26. The number of amidine groups is 1. The molecule has 2 unspecified atom stereocenters. The van der Waals surface area contributed by atoms with Gasteiger partial charge in [0.1, 0.15) is 0 Å². The first-order valence-electron chi connectivity index (χ1n) is 8.12. The molecule has 2 aromatic rings. The van der Waals surface area contributed by atoms with E-state index < -0.39 is 9.84 Å². The lowest BCUT2D eigenvalue weighted by Crippen LogP contribution is -2.39. The molecule has 8 heteroatoms. The first kappa shape index (κ1) is 18.2. The van der Waals surface area contributed by atoms with Crippen LogP contribution in [0.5, 0.6) is 0 Å². The van der Waals surface area contributed by atoms with Crippen LogP contribution >= 0.6 is 35.0 Å². The van der Waals surface area contributed by atoms with Crippen LogP contribution in [0.1, 0.15) is 5.56 Å². The Balaban J connectivity index is 1.59. The van der Waals surface area contributed by atoms with E-state index >= 15 is 0 Å². The Morgan fingerprint density at radius 2 is 1.85 bits per heavy atom. The van der Waals surface area contributed by atoms with Crippen molar-refractivity contribution >= 4 is 55.7 Å². The van der Waals surface area contributed by atoms with Crippen LogP contribution in [-0.4, -0.2) is 37.2 Å². The number of rotatable bonds is 3. The lowest BCUT2D eigenvalue weighted by atomic mass is 10.1. The number of fused-ring (bicyclic) bond motifs is 1. The minimum Gasteiger partial charge on any atom is -0.315 e. The predicted molar refractivity (Wildman–Crippen MR) is 110 cm³/mol. The molecule has 0 amide bonds. The van der Waals surface area contributed by atoms with Gasteiger partial charge in [0.05, 0.1) is 33.6 Å². The van der Waals surface area contributed by atoms with Gasteiger partial charge in [-0.1, -0.05) is 59.2 Å². The van der Waals surface area contributed by atoms with E-state index in [1.165, 1.54) is 0 Å². The predicted octanol–water partition coefficient (Wildman–Crippen LogP) is 4.27. The van der Waals surface area contributed by atoms with E-state index in [1.54, 1.807) is 17.8 Å². The Kier molecular flexibility index (Phi) is 4.94. The van der Waals surface area contributed by atoms with E-state index in [0.717, 1.165) is 16.4 Å². The normalized spacial score (nSPS) is 23.8. The molecule has 2 heterocycles. The van der Waals surface area contributed by atoms with Gasteiger partial charge in [0, 0.05) is 11.4 Å². The Bertz CT molecular complexity index is 964. The second-order valence-corrected chi connectivity index (χ2v) is 10.3. The highest BCUT2D eigenvalue weighted by Gasteiger charge is 2.47. The molecule has 0 aromatic heterocycles. The molecule has 0 radical (unpaired) electrons. The van der Waals surface area contributed by atoms with Crippen molar-refractivity contribution in [3.05, 3.63) is 64.1 Å². The van der Waals surface area contributed by atoms with Gasteiger partial charge in [-0.25, -0.2) is 8.42 Å². The van der Waals surface area contributed by atoms with Crippen molar-refractivity contribution < 1.29 is 8.42 Å². The van der Waals surface area contributed by atoms with Crippen LogP contribution < -0.4 is 4.90 Å². The summed E-state index contributed by atoms with van der Waals surface area (Å²) in [5.74, 6) is 0.954. The molecule has 0 spiro atoms. The summed E-state index contributed by atoms with van der Waals surface area (Å²) >= 11 is 13.7. The van der Waals surface area contributed by atoms with Crippen LogP contribution in [0.2, 0.25) is 10.0 Å². The van der Waals surface area contributed by atoms with Gasteiger partial charge in [-0.05, 0) is 29.8 Å². The average Bonchev–Trinajstić information content (AvgIpc) is 3.07. The van der Waals surface area contributed by atoms with Crippen LogP contribution in [0.3, 0.4) is 0 Å². The summed E-state index contributed by atoms with van der Waals surface area (Å²) in [7, 11) is -3.04. The molecule has 4 nitrogen and oxygen atoms in total. The van der Waals surface area contributed by atoms with E-state index in [4.69, 9.17) is 28.2 Å². The average molecular weight is 427 g/mol. The minimum absolute atomic E-state index is 0.123. The molecule has 136 valence electrons. The van der Waals surface area contributed by atoms with Crippen molar-refractivity contribution in [2.24, 2.45) is 4.99 Å². The van der Waals surface area contributed by atoms with Gasteiger partial charge in [0.25, 0.3) is 0 Å². The third kappa shape index (κ3) is 3.60. The fourth-order valence-corrected chi connectivity index (χ4v) is 6.53. The highest BCUT2D eigenvalue weighted by Crippen LogP contribution is 2.36. The maximum Gasteiger partial charge on any atom is 0.164 e. The summed E-state index contributed by atoms with van der Waals surface area (Å²) in [6, 6.07) is 15.1. The molecular weight excluding hydrogens is 411 g/mol. The van der Waals surface area contributed by atoms with Crippen molar-refractivity contribution in [2.75, 3.05) is 16.4 Å². The van der Waals surface area contributed by atoms with Gasteiger partial charge >= 0.3 is 0 Å². The second kappa shape index (κ2) is 7.08. The van der Waals surface area contributed by atoms with E-state index in [0.29, 0.717) is 15.8 Å². The molecule has 2 aliphatic rings. The Labute approximate surface area is 167 Å². The molecule has 2 aromatic carbocycles. The lowest BCUT2D eigenvalue weighted by molar-refractivity contribution is 0.601. The molecule has 0 saturated carbocycles. The van der Waals surface area contributed by atoms with Gasteiger partial charge in [-0.3, -0.25) is 4.99 Å². The summed E-state index contributed by atoms with van der Waals surface area (Å²) in [5.41, 5.74) is 2.02. The Morgan fingerprint density at radius 3 is 2.58 bits per heavy atom. The topological polar surface area (TPSA) is 49.7 Å². The van der Waals surface area contributed by atoms with Crippen LogP contribution in [-0.2, 0) is 15.6 Å². The van der Waals surface area contributed by atoms with Gasteiger partial charge in [0.2, 0.25) is 0 Å². The maximum absolute atomic E-state index is 12.0. The first-order valence-corrected chi connectivity index (χ1v) is 11.7. The summed E-state index contributed by atoms with van der Waals surface area (Å²) in [6.07, 6.45) is 0. The molecule has 0 bridgehead atoms. The molecule has 2 atom stereocenters. The SMILES string of the molecule is O=S1(=O)CC2N=C(SCc3ccc(Cl)c(Cl)c3)N(c3ccccc3)C2C1. The highest BCUT2D eigenvalue weighted by molar-refractivity contribution is 8.13. The minimum atomic E-state index is -3.04. The number of aliphatic imine (C=N–C) groups is 1. The van der Waals surface area contributed by atoms with Crippen molar-refractivity contribution in [3.8, 4) is 0 Å². The van der Waals surface area contributed by atoms with Gasteiger partial charge < -0.3 is 4.90 Å². The number of para-hydroxylation sites is 1. The summed E-state index contributed by atoms with van der Waals surface area (Å²) in [6.45, 7) is 0. The van der Waals surface area contributed by atoms with Crippen molar-refractivity contribution in [3.63, 3.8) is 0 Å². The molecule has 26 heavy (non-hydrogen) atoms. The first-order chi connectivity index (χ1) is 12.4. The maximum atomic E-state index is 12.0. The van der Waals surface area contributed by atoms with Crippen molar-refractivity contribution in [2.45, 2.75) is 17.8 Å². The van der Waals surface area contributed by atoms with Gasteiger partial charge in [-0.2, -0.15) is 0 Å². The Morgan fingerprint density at radius 1 is 1.08 bits per heavy atom. The highest BCUT2D eigenvalue weighted by atomic mass is 35.5. The number of halogens is 2. The molecular formula is C18H16Cl2N2O2S2. The Hall–Kier alpha value is -1.21. The standard InChI is InChI=1S/C18H16Cl2N2O2S2/c19-14-7-6-12(8-15(14)20)9-25-18-21-16-10-26(23,24)11-17(16)22(18)13-4-2-1-3-5-13/h1-8,16-17H,9-11H2. The quantitative estimate of drug-likeness (QED) is 0.734. The van der Waals surface area contributed by atoms with Crippen LogP contribution in [0.15, 0.2) is 53.5 Å². The number of hydrogen-bond acceptors (Lipinski definition) is 5. The number of nitrogens with zero attached hydrogens (tertiary/aromatic N) is 2. The molecule has 4 rings (SSSR count). The van der Waals surface area contributed by atoms with Crippen molar-refractivity contribution in [1.82, 2.24) is 0 Å². The van der Waals surface area contributed by atoms with Crippen LogP contribution in [0.4, 0.5) is 5.69 Å². The largest absolute Gasteiger partial charge is 0.315 e. The van der Waals surface area contributed by atoms with Gasteiger partial charge in [-0.15, -0.1) is 0 Å². The summed E-state index contributed by atoms with van der Waals surface area (Å²) < 4.78 is 24.1. The van der Waals surface area contributed by atoms with Crippen LogP contribution in [0.25, 0.3) is 0 Å². The zero-order chi connectivity index (χ0) is 18.3. The van der Waals surface area contributed by atoms with E-state index in [-0.39, 0.29) is 23.6 Å². The number of thioether (sulfide) groups is 1. The molecule has 0 N–H and O–H groups in total. The summed E-state index contributed by atoms with van der Waals surface area (Å²) in [5, 5.41) is 1.91. The number of benzene rings is 2. The number of anilines is 1. The number of hydrogen-bond donors (Lipinski definition) is 0. The van der Waals surface area contributed by atoms with Gasteiger partial charge in [0.15, 0.2) is 15.0 Å². The fourth-order valence-electron chi connectivity index (χ4n) is 3.30. The summed E-state index contributed by atoms with van der Waals surface area (Å²) in [4.78, 5) is 6.79. The smallest absolute Gasteiger partial charge is 0.164 e. The monoisotopic (exact) mass is 426 g/mol. The third-order valence-electron chi connectivity index (χ3n) is 4.49. The van der Waals surface area contributed by atoms with E-state index in [1.807, 2.05) is 42.5 Å². The molecule has 0 aliphatic carbocycles. The third-order valence-corrected chi connectivity index (χ3v) is 7.97. The zero-order valence-electron chi connectivity index (χ0n) is 13.7. The van der Waals surface area contributed by atoms with Crippen LogP contribution in [0, 0.1) is 0 Å². The fraction of sp³-hybridized carbons (Fsp3) is 0.278. The van der Waals surface area contributed by atoms with E-state index in [9.17, 15) is 8.42 Å². The van der Waals surface area contributed by atoms with Crippen molar-refractivity contribution in [1.29, 1.82) is 0 Å². The molecule has 2 aliphatic heterocycles. The van der Waals surface area contributed by atoms with E-state index in [2.05, 4.69) is 4.90 Å². The second-order valence-electron chi connectivity index (χ2n) is 6.37. The molecule has 1 fully saturated rings.